The largest absolute Gasteiger partial charge is 0.368 e. The lowest BCUT2D eigenvalue weighted by atomic mass is 10.0. The van der Waals surface area contributed by atoms with Crippen LogP contribution in [0.15, 0.2) is 18.3 Å². The van der Waals surface area contributed by atoms with Crippen LogP contribution < -0.4 is 10.6 Å². The third-order valence-electron chi connectivity index (χ3n) is 4.16. The lowest BCUT2D eigenvalue weighted by Crippen LogP contribution is -2.54. The highest BCUT2D eigenvalue weighted by Crippen LogP contribution is 2.20. The topological polar surface area (TPSA) is 57.3 Å². The first-order chi connectivity index (χ1) is 10.0. The third-order valence-corrected chi connectivity index (χ3v) is 4.16. The predicted octanol–water partition coefficient (Wildman–Crippen LogP) is 1.79. The molecule has 0 radical (unpaired) electrons. The smallest absolute Gasteiger partial charge is 0.240 e. The number of nitrogens with zero attached hydrogens (tertiary/aromatic N) is 2. The first-order valence-electron chi connectivity index (χ1n) is 7.70. The van der Waals surface area contributed by atoms with Gasteiger partial charge in [-0.25, -0.2) is 4.98 Å². The second kappa shape index (κ2) is 6.89. The number of carbonyl (C=O) groups is 1. The molecule has 21 heavy (non-hydrogen) atoms. The number of rotatable bonds is 6. The monoisotopic (exact) mass is 290 g/mol. The van der Waals surface area contributed by atoms with E-state index in [1.807, 2.05) is 32.9 Å². The number of hydrogen-bond acceptors (Lipinski definition) is 4. The zero-order valence-corrected chi connectivity index (χ0v) is 13.3. The Hall–Kier alpha value is -1.62. The fraction of sp³-hybridized carbons (Fsp3) is 0.625. The first kappa shape index (κ1) is 15.8. The van der Waals surface area contributed by atoms with E-state index in [0.29, 0.717) is 13.1 Å². The van der Waals surface area contributed by atoms with Crippen LogP contribution in [0.3, 0.4) is 0 Å². The number of carbonyl (C=O) groups excluding carboxylic acids is 1. The Labute approximate surface area is 127 Å². The maximum absolute atomic E-state index is 12.3. The van der Waals surface area contributed by atoms with E-state index >= 15 is 0 Å². The highest BCUT2D eigenvalue weighted by atomic mass is 16.2. The molecule has 116 valence electrons. The molecular weight excluding hydrogens is 264 g/mol. The SMILES string of the molecule is Cc1cccnc1NCCNC(=O)C(C)(C)N1CCCC1. The molecule has 1 saturated heterocycles. The van der Waals surface area contributed by atoms with Crippen LogP contribution in [0.5, 0.6) is 0 Å². The van der Waals surface area contributed by atoms with Gasteiger partial charge in [-0.05, 0) is 58.3 Å². The van der Waals surface area contributed by atoms with Crippen molar-refractivity contribution in [3.05, 3.63) is 23.9 Å². The molecule has 5 nitrogen and oxygen atoms in total. The van der Waals surface area contributed by atoms with Gasteiger partial charge < -0.3 is 10.6 Å². The average molecular weight is 290 g/mol. The van der Waals surface area contributed by atoms with Crippen molar-refractivity contribution in [2.24, 2.45) is 0 Å². The van der Waals surface area contributed by atoms with Gasteiger partial charge in [-0.2, -0.15) is 0 Å². The van der Waals surface area contributed by atoms with Crippen molar-refractivity contribution in [3.8, 4) is 0 Å². The fourth-order valence-corrected chi connectivity index (χ4v) is 2.66. The minimum atomic E-state index is -0.419. The van der Waals surface area contributed by atoms with Crippen LogP contribution in [-0.2, 0) is 4.79 Å². The summed E-state index contributed by atoms with van der Waals surface area (Å²) >= 11 is 0. The van der Waals surface area contributed by atoms with E-state index in [0.717, 1.165) is 24.5 Å². The molecule has 1 amide bonds. The van der Waals surface area contributed by atoms with E-state index < -0.39 is 5.54 Å². The summed E-state index contributed by atoms with van der Waals surface area (Å²) in [4.78, 5) is 18.9. The second-order valence-electron chi connectivity index (χ2n) is 6.10. The molecule has 5 heteroatoms. The summed E-state index contributed by atoms with van der Waals surface area (Å²) in [6.45, 7) is 9.35. The Kier molecular flexibility index (Phi) is 5.17. The van der Waals surface area contributed by atoms with Gasteiger partial charge in [-0.15, -0.1) is 0 Å². The molecule has 0 unspecified atom stereocenters. The minimum Gasteiger partial charge on any atom is -0.368 e. The van der Waals surface area contributed by atoms with Crippen LogP contribution >= 0.6 is 0 Å². The average Bonchev–Trinajstić information content (AvgIpc) is 3.00. The second-order valence-corrected chi connectivity index (χ2v) is 6.10. The van der Waals surface area contributed by atoms with E-state index in [9.17, 15) is 4.79 Å². The molecule has 2 N–H and O–H groups in total. The van der Waals surface area contributed by atoms with Gasteiger partial charge in [0.15, 0.2) is 0 Å². The van der Waals surface area contributed by atoms with Crippen LogP contribution in [-0.4, -0.2) is 47.5 Å². The van der Waals surface area contributed by atoms with Crippen LogP contribution in [0.1, 0.15) is 32.3 Å². The molecule has 0 aromatic carbocycles. The van der Waals surface area contributed by atoms with Crippen LogP contribution in [0, 0.1) is 6.92 Å². The summed E-state index contributed by atoms with van der Waals surface area (Å²) in [5.41, 5.74) is 0.693. The van der Waals surface area contributed by atoms with E-state index in [1.54, 1.807) is 6.20 Å². The molecule has 1 aliphatic heterocycles. The highest BCUT2D eigenvalue weighted by Gasteiger charge is 2.35. The number of aryl methyl sites for hydroxylation is 1. The van der Waals surface area contributed by atoms with Crippen molar-refractivity contribution in [1.29, 1.82) is 0 Å². The Morgan fingerprint density at radius 3 is 2.71 bits per heavy atom. The quantitative estimate of drug-likeness (QED) is 0.784. The van der Waals surface area contributed by atoms with Crippen molar-refractivity contribution in [3.63, 3.8) is 0 Å². The van der Waals surface area contributed by atoms with Gasteiger partial charge in [0, 0.05) is 19.3 Å². The van der Waals surface area contributed by atoms with Gasteiger partial charge in [0.25, 0.3) is 0 Å². The number of anilines is 1. The summed E-state index contributed by atoms with van der Waals surface area (Å²) in [6, 6.07) is 3.94. The Morgan fingerprint density at radius 1 is 1.33 bits per heavy atom. The summed E-state index contributed by atoms with van der Waals surface area (Å²) in [6.07, 6.45) is 4.15. The molecule has 2 rings (SSSR count). The summed E-state index contributed by atoms with van der Waals surface area (Å²) < 4.78 is 0. The molecule has 1 aromatic rings. The molecular formula is C16H26N4O. The molecule has 2 heterocycles. The third kappa shape index (κ3) is 3.94. The Balaban J connectivity index is 1.75. The molecule has 0 saturated carbocycles. The maximum atomic E-state index is 12.3. The molecule has 1 aromatic heterocycles. The zero-order chi connectivity index (χ0) is 15.3. The van der Waals surface area contributed by atoms with E-state index in [1.165, 1.54) is 12.8 Å². The summed E-state index contributed by atoms with van der Waals surface area (Å²) in [5, 5.41) is 6.27. The normalized spacial score (nSPS) is 16.0. The molecule has 0 bridgehead atoms. The zero-order valence-electron chi connectivity index (χ0n) is 13.3. The molecule has 1 aliphatic rings. The number of amides is 1. The lowest BCUT2D eigenvalue weighted by Gasteiger charge is -2.33. The number of hydrogen-bond donors (Lipinski definition) is 2. The Morgan fingerprint density at radius 2 is 2.05 bits per heavy atom. The first-order valence-corrected chi connectivity index (χ1v) is 7.70. The lowest BCUT2D eigenvalue weighted by molar-refractivity contribution is -0.131. The van der Waals surface area contributed by atoms with Crippen molar-refractivity contribution >= 4 is 11.7 Å². The molecule has 0 spiro atoms. The van der Waals surface area contributed by atoms with Crippen LogP contribution in [0.25, 0.3) is 0 Å². The minimum absolute atomic E-state index is 0.101. The summed E-state index contributed by atoms with van der Waals surface area (Å²) in [7, 11) is 0. The maximum Gasteiger partial charge on any atom is 0.240 e. The van der Waals surface area contributed by atoms with Gasteiger partial charge in [0.2, 0.25) is 5.91 Å². The van der Waals surface area contributed by atoms with Crippen molar-refractivity contribution in [2.45, 2.75) is 39.2 Å². The van der Waals surface area contributed by atoms with Gasteiger partial charge in [0.1, 0.15) is 5.82 Å². The van der Waals surface area contributed by atoms with Gasteiger partial charge >= 0.3 is 0 Å². The number of likely N-dealkylation sites (tertiary alicyclic amines) is 1. The number of pyridine rings is 1. The van der Waals surface area contributed by atoms with Crippen molar-refractivity contribution in [1.82, 2.24) is 15.2 Å². The van der Waals surface area contributed by atoms with Gasteiger partial charge in [0.05, 0.1) is 5.54 Å². The van der Waals surface area contributed by atoms with E-state index in [2.05, 4.69) is 20.5 Å². The Bertz CT molecular complexity index is 481. The molecule has 0 aliphatic carbocycles. The van der Waals surface area contributed by atoms with Crippen LogP contribution in [0.4, 0.5) is 5.82 Å². The number of nitrogens with one attached hydrogen (secondary N) is 2. The highest BCUT2D eigenvalue weighted by molar-refractivity contribution is 5.85. The summed E-state index contributed by atoms with van der Waals surface area (Å²) in [5.74, 6) is 0.981. The van der Waals surface area contributed by atoms with Gasteiger partial charge in [-0.1, -0.05) is 6.07 Å². The van der Waals surface area contributed by atoms with Crippen LogP contribution in [0.2, 0.25) is 0 Å². The number of aromatic nitrogens is 1. The molecule has 0 atom stereocenters. The van der Waals surface area contributed by atoms with E-state index in [4.69, 9.17) is 0 Å². The fourth-order valence-electron chi connectivity index (χ4n) is 2.66. The van der Waals surface area contributed by atoms with E-state index in [-0.39, 0.29) is 5.91 Å². The van der Waals surface area contributed by atoms with Crippen molar-refractivity contribution < 1.29 is 4.79 Å². The van der Waals surface area contributed by atoms with Crippen molar-refractivity contribution in [2.75, 3.05) is 31.5 Å². The predicted molar refractivity (Wildman–Crippen MR) is 85.4 cm³/mol. The molecule has 1 fully saturated rings. The van der Waals surface area contributed by atoms with Gasteiger partial charge in [-0.3, -0.25) is 9.69 Å². The standard InChI is InChI=1S/C16H26N4O/c1-13-7-6-8-17-14(13)18-9-10-19-15(21)16(2,3)20-11-4-5-12-20/h6-8H,4-5,9-12H2,1-3H3,(H,17,18)(H,19,21).